The van der Waals surface area contributed by atoms with Crippen LogP contribution < -0.4 is 15.6 Å². The molecule has 0 bridgehead atoms. The van der Waals surface area contributed by atoms with Crippen molar-refractivity contribution in [1.29, 1.82) is 0 Å². The minimum Gasteiger partial charge on any atom is -0.368 e. The molecule has 2 aromatic carbocycles. The molecule has 3 rings (SSSR count). The largest absolute Gasteiger partial charge is 0.368 e. The molecular formula is C19H21N3O5S. The van der Waals surface area contributed by atoms with Gasteiger partial charge >= 0.3 is 0 Å². The van der Waals surface area contributed by atoms with Crippen LogP contribution in [0.25, 0.3) is 0 Å². The van der Waals surface area contributed by atoms with E-state index >= 15 is 0 Å². The van der Waals surface area contributed by atoms with Crippen LogP contribution in [-0.4, -0.2) is 32.9 Å². The highest BCUT2D eigenvalue weighted by molar-refractivity contribution is 7.89. The van der Waals surface area contributed by atoms with Crippen molar-refractivity contribution in [2.75, 3.05) is 6.61 Å². The van der Waals surface area contributed by atoms with Gasteiger partial charge in [0.2, 0.25) is 10.0 Å². The fourth-order valence-electron chi connectivity index (χ4n) is 2.72. The number of hydrazine groups is 1. The maximum Gasteiger partial charge on any atom is 0.269 e. The van der Waals surface area contributed by atoms with Crippen LogP contribution >= 0.6 is 0 Å². The van der Waals surface area contributed by atoms with Gasteiger partial charge in [0.05, 0.1) is 4.90 Å². The van der Waals surface area contributed by atoms with E-state index in [1.165, 1.54) is 24.3 Å². The molecule has 0 aliphatic carbocycles. The number of carbonyl (C=O) groups is 2. The molecule has 1 atom stereocenters. The monoisotopic (exact) mass is 403 g/mol. The molecule has 2 amide bonds. The molecule has 0 radical (unpaired) electrons. The Balaban J connectivity index is 1.62. The van der Waals surface area contributed by atoms with Crippen LogP contribution in [0.2, 0.25) is 0 Å². The molecule has 8 nitrogen and oxygen atoms in total. The lowest BCUT2D eigenvalue weighted by Gasteiger charge is -2.12. The third-order valence-electron chi connectivity index (χ3n) is 4.24. The summed E-state index contributed by atoms with van der Waals surface area (Å²) >= 11 is 0. The summed E-state index contributed by atoms with van der Waals surface area (Å²) in [4.78, 5) is 24.1. The molecule has 0 saturated carbocycles. The van der Waals surface area contributed by atoms with Crippen LogP contribution in [0.4, 0.5) is 0 Å². The lowest BCUT2D eigenvalue weighted by atomic mass is 10.2. The normalized spacial score (nSPS) is 16.5. The van der Waals surface area contributed by atoms with Crippen LogP contribution in [0.15, 0.2) is 59.5 Å². The molecule has 1 fully saturated rings. The Hall–Kier alpha value is -2.75. The second kappa shape index (κ2) is 8.96. The summed E-state index contributed by atoms with van der Waals surface area (Å²) in [6.07, 6.45) is 0.818. The van der Waals surface area contributed by atoms with Gasteiger partial charge in [-0.25, -0.2) is 13.1 Å². The highest BCUT2D eigenvalue weighted by Gasteiger charge is 2.24. The summed E-state index contributed by atoms with van der Waals surface area (Å²) in [5, 5.41) is 0. The molecule has 28 heavy (non-hydrogen) atoms. The number of carbonyl (C=O) groups excluding carboxylic acids is 2. The summed E-state index contributed by atoms with van der Waals surface area (Å²) in [5.41, 5.74) is 5.50. The number of ether oxygens (including phenoxy) is 1. The van der Waals surface area contributed by atoms with Crippen LogP contribution in [0, 0.1) is 0 Å². The maximum atomic E-state index is 12.5. The first kappa shape index (κ1) is 20.0. The molecule has 0 spiro atoms. The number of hydrogen-bond acceptors (Lipinski definition) is 5. The van der Waals surface area contributed by atoms with Gasteiger partial charge in [0.1, 0.15) is 6.10 Å². The average molecular weight is 403 g/mol. The second-order valence-electron chi connectivity index (χ2n) is 6.28. The van der Waals surface area contributed by atoms with E-state index in [1.54, 1.807) is 0 Å². The molecule has 2 aromatic rings. The number of sulfonamides is 1. The predicted octanol–water partition coefficient (Wildman–Crippen LogP) is 1.11. The summed E-state index contributed by atoms with van der Waals surface area (Å²) in [6, 6.07) is 14.7. The quantitative estimate of drug-likeness (QED) is 0.625. The Morgan fingerprint density at radius 3 is 2.54 bits per heavy atom. The fourth-order valence-corrected chi connectivity index (χ4v) is 3.78. The van der Waals surface area contributed by atoms with E-state index in [9.17, 15) is 18.0 Å². The van der Waals surface area contributed by atoms with E-state index in [2.05, 4.69) is 15.6 Å². The Morgan fingerprint density at radius 2 is 1.82 bits per heavy atom. The Bertz CT molecular complexity index is 941. The second-order valence-corrected chi connectivity index (χ2v) is 8.05. The molecule has 1 saturated heterocycles. The molecule has 1 heterocycles. The van der Waals surface area contributed by atoms with Gasteiger partial charge in [0.25, 0.3) is 11.8 Å². The molecule has 3 N–H and O–H groups in total. The molecule has 1 aliphatic heterocycles. The van der Waals surface area contributed by atoms with E-state index in [4.69, 9.17) is 4.74 Å². The standard InChI is InChI=1S/C19H21N3O5S/c23-18(21-22-19(24)17-10-5-11-27-17)15-8-4-9-16(12-15)28(25,26)20-13-14-6-2-1-3-7-14/h1-4,6-9,12,17,20H,5,10-11,13H2,(H,21,23)(H,22,24). The topological polar surface area (TPSA) is 114 Å². The van der Waals surface area contributed by atoms with Gasteiger partial charge in [-0.2, -0.15) is 0 Å². The van der Waals surface area contributed by atoms with Crippen molar-refractivity contribution in [2.24, 2.45) is 0 Å². The van der Waals surface area contributed by atoms with E-state index in [0.29, 0.717) is 13.0 Å². The van der Waals surface area contributed by atoms with Crippen molar-refractivity contribution >= 4 is 21.8 Å². The van der Waals surface area contributed by atoms with E-state index in [0.717, 1.165) is 12.0 Å². The zero-order valence-electron chi connectivity index (χ0n) is 15.1. The third-order valence-corrected chi connectivity index (χ3v) is 5.64. The molecule has 1 aliphatic rings. The van der Waals surface area contributed by atoms with Gasteiger partial charge in [0.15, 0.2) is 0 Å². The average Bonchev–Trinajstić information content (AvgIpc) is 3.26. The van der Waals surface area contributed by atoms with Gasteiger partial charge in [-0.1, -0.05) is 36.4 Å². The number of amides is 2. The van der Waals surface area contributed by atoms with Crippen LogP contribution in [0.5, 0.6) is 0 Å². The van der Waals surface area contributed by atoms with Gasteiger partial charge in [0, 0.05) is 18.7 Å². The minimum absolute atomic E-state index is 0.0402. The van der Waals surface area contributed by atoms with Crippen LogP contribution in [-0.2, 0) is 26.1 Å². The number of nitrogens with one attached hydrogen (secondary N) is 3. The minimum atomic E-state index is -3.80. The first-order valence-electron chi connectivity index (χ1n) is 8.81. The molecule has 9 heteroatoms. The first-order valence-corrected chi connectivity index (χ1v) is 10.3. The van der Waals surface area contributed by atoms with E-state index in [1.807, 2.05) is 30.3 Å². The van der Waals surface area contributed by atoms with E-state index < -0.39 is 27.9 Å². The highest BCUT2D eigenvalue weighted by atomic mass is 32.2. The molecule has 0 aromatic heterocycles. The zero-order valence-corrected chi connectivity index (χ0v) is 15.9. The summed E-state index contributed by atoms with van der Waals surface area (Å²) in [5.74, 6) is -1.05. The molecule has 148 valence electrons. The van der Waals surface area contributed by atoms with Crippen molar-refractivity contribution in [3.05, 3.63) is 65.7 Å². The Morgan fingerprint density at radius 1 is 1.04 bits per heavy atom. The third kappa shape index (κ3) is 5.16. The summed E-state index contributed by atoms with van der Waals surface area (Å²) < 4.78 is 32.7. The molecule has 1 unspecified atom stereocenters. The Kier molecular flexibility index (Phi) is 6.40. The summed E-state index contributed by atoms with van der Waals surface area (Å²) in [7, 11) is -3.80. The highest BCUT2D eigenvalue weighted by Crippen LogP contribution is 2.13. The first-order chi connectivity index (χ1) is 13.5. The fraction of sp³-hybridized carbons (Fsp3) is 0.263. The number of rotatable bonds is 6. The smallest absolute Gasteiger partial charge is 0.269 e. The van der Waals surface area contributed by atoms with Gasteiger partial charge in [-0.15, -0.1) is 0 Å². The SMILES string of the molecule is O=C(NNC(=O)C1CCCO1)c1cccc(S(=O)(=O)NCc2ccccc2)c1. The van der Waals surface area contributed by atoms with Gasteiger partial charge in [-0.3, -0.25) is 20.4 Å². The van der Waals surface area contributed by atoms with Crippen LogP contribution in [0.3, 0.4) is 0 Å². The molecular weight excluding hydrogens is 382 g/mol. The lowest BCUT2D eigenvalue weighted by molar-refractivity contribution is -0.130. The lowest BCUT2D eigenvalue weighted by Crippen LogP contribution is -2.46. The van der Waals surface area contributed by atoms with Crippen LogP contribution in [0.1, 0.15) is 28.8 Å². The Labute approximate surface area is 163 Å². The van der Waals surface area contributed by atoms with Crippen molar-refractivity contribution < 1.29 is 22.7 Å². The van der Waals surface area contributed by atoms with E-state index in [-0.39, 0.29) is 17.0 Å². The maximum absolute atomic E-state index is 12.5. The van der Waals surface area contributed by atoms with Crippen molar-refractivity contribution in [3.63, 3.8) is 0 Å². The summed E-state index contributed by atoms with van der Waals surface area (Å²) in [6.45, 7) is 0.652. The van der Waals surface area contributed by atoms with Gasteiger partial charge in [-0.05, 0) is 36.6 Å². The van der Waals surface area contributed by atoms with Crippen molar-refractivity contribution in [3.8, 4) is 0 Å². The predicted molar refractivity (Wildman–Crippen MR) is 101 cm³/mol. The van der Waals surface area contributed by atoms with Crippen molar-refractivity contribution in [2.45, 2.75) is 30.4 Å². The number of hydrogen-bond donors (Lipinski definition) is 3. The van der Waals surface area contributed by atoms with Gasteiger partial charge < -0.3 is 4.74 Å². The number of benzene rings is 2. The zero-order chi connectivity index (χ0) is 20.0. The van der Waals surface area contributed by atoms with Crippen molar-refractivity contribution in [1.82, 2.24) is 15.6 Å².